The lowest BCUT2D eigenvalue weighted by Crippen LogP contribution is -2.37. The van der Waals surface area contributed by atoms with Gasteiger partial charge in [0.05, 0.1) is 12.8 Å². The predicted octanol–water partition coefficient (Wildman–Crippen LogP) is 3.61. The van der Waals surface area contributed by atoms with E-state index in [1.165, 1.54) is 11.8 Å². The smallest absolute Gasteiger partial charge is 0.244 e. The normalized spacial score (nSPS) is 10.3. The van der Waals surface area contributed by atoms with Crippen LogP contribution < -0.4 is 15.0 Å². The van der Waals surface area contributed by atoms with Gasteiger partial charge in [0.1, 0.15) is 12.3 Å². The molecule has 132 valence electrons. The number of ether oxygens (including phenoxy) is 1. The molecule has 0 unspecified atom stereocenters. The molecule has 0 saturated carbocycles. The second kappa shape index (κ2) is 7.83. The van der Waals surface area contributed by atoms with Gasteiger partial charge in [0.25, 0.3) is 0 Å². The van der Waals surface area contributed by atoms with Gasteiger partial charge in [-0.2, -0.15) is 0 Å². The maximum atomic E-state index is 12.5. The third-order valence-corrected chi connectivity index (χ3v) is 4.18. The zero-order valence-electron chi connectivity index (χ0n) is 15.3. The molecule has 0 fully saturated rings. The van der Waals surface area contributed by atoms with Crippen LogP contribution in [0.15, 0.2) is 36.4 Å². The number of methoxy groups -OCH3 is 1. The summed E-state index contributed by atoms with van der Waals surface area (Å²) in [6, 6.07) is 11.3. The lowest BCUT2D eigenvalue weighted by molar-refractivity contribution is -0.120. The molecule has 5 heteroatoms. The van der Waals surface area contributed by atoms with E-state index in [4.69, 9.17) is 4.74 Å². The van der Waals surface area contributed by atoms with Crippen LogP contribution in [0.5, 0.6) is 5.75 Å². The summed E-state index contributed by atoms with van der Waals surface area (Å²) in [5, 5.41) is 2.83. The number of carbonyl (C=O) groups excluding carboxylic acids is 2. The molecule has 2 amide bonds. The van der Waals surface area contributed by atoms with Gasteiger partial charge in [-0.1, -0.05) is 18.2 Å². The Balaban J connectivity index is 2.23. The molecule has 2 rings (SSSR count). The predicted molar refractivity (Wildman–Crippen MR) is 100 cm³/mol. The number of aryl methyl sites for hydroxylation is 2. The molecule has 0 aliphatic rings. The van der Waals surface area contributed by atoms with E-state index in [0.29, 0.717) is 11.4 Å². The number of nitrogens with one attached hydrogen (secondary N) is 1. The van der Waals surface area contributed by atoms with Crippen LogP contribution in [0.25, 0.3) is 0 Å². The molecule has 2 aromatic carbocycles. The summed E-state index contributed by atoms with van der Waals surface area (Å²) in [5.41, 5.74) is 4.41. The van der Waals surface area contributed by atoms with Crippen LogP contribution >= 0.6 is 0 Å². The Labute approximate surface area is 148 Å². The van der Waals surface area contributed by atoms with Crippen molar-refractivity contribution in [3.8, 4) is 5.75 Å². The zero-order chi connectivity index (χ0) is 18.6. The second-order valence-corrected chi connectivity index (χ2v) is 6.08. The molecule has 25 heavy (non-hydrogen) atoms. The molecule has 0 aliphatic carbocycles. The first-order valence-corrected chi connectivity index (χ1v) is 8.12. The van der Waals surface area contributed by atoms with Gasteiger partial charge in [-0.25, -0.2) is 0 Å². The Morgan fingerprint density at radius 3 is 2.48 bits per heavy atom. The summed E-state index contributed by atoms with van der Waals surface area (Å²) in [7, 11) is 1.55. The van der Waals surface area contributed by atoms with Crippen molar-refractivity contribution in [1.82, 2.24) is 0 Å². The monoisotopic (exact) mass is 340 g/mol. The second-order valence-electron chi connectivity index (χ2n) is 6.08. The highest BCUT2D eigenvalue weighted by Crippen LogP contribution is 2.26. The summed E-state index contributed by atoms with van der Waals surface area (Å²) in [4.78, 5) is 26.1. The van der Waals surface area contributed by atoms with Gasteiger partial charge in [-0.15, -0.1) is 0 Å². The molecule has 0 spiro atoms. The first kappa shape index (κ1) is 18.5. The molecule has 0 aliphatic heterocycles. The maximum absolute atomic E-state index is 12.5. The van der Waals surface area contributed by atoms with Gasteiger partial charge < -0.3 is 15.0 Å². The van der Waals surface area contributed by atoms with Gasteiger partial charge in [-0.05, 0) is 55.7 Å². The third-order valence-electron chi connectivity index (χ3n) is 4.18. The summed E-state index contributed by atoms with van der Waals surface area (Å²) < 4.78 is 5.28. The molecule has 0 heterocycles. The van der Waals surface area contributed by atoms with Crippen LogP contribution in [0.3, 0.4) is 0 Å². The van der Waals surface area contributed by atoms with Crippen LogP contribution in [0.2, 0.25) is 0 Å². The van der Waals surface area contributed by atoms with Gasteiger partial charge in [-0.3, -0.25) is 9.59 Å². The SMILES string of the molecule is COc1ccc(C)cc1NC(=O)CN(C(C)=O)c1cccc(C)c1C. The number of hydrogen-bond acceptors (Lipinski definition) is 3. The Bertz CT molecular complexity index is 800. The van der Waals surface area contributed by atoms with Crippen molar-refractivity contribution in [2.45, 2.75) is 27.7 Å². The molecule has 1 N–H and O–H groups in total. The van der Waals surface area contributed by atoms with Crippen molar-refractivity contribution in [3.63, 3.8) is 0 Å². The summed E-state index contributed by atoms with van der Waals surface area (Å²) in [5.74, 6) is 0.125. The number of benzene rings is 2. The summed E-state index contributed by atoms with van der Waals surface area (Å²) >= 11 is 0. The van der Waals surface area contributed by atoms with Crippen LogP contribution in [0.4, 0.5) is 11.4 Å². The van der Waals surface area contributed by atoms with E-state index in [2.05, 4.69) is 5.32 Å². The number of anilines is 2. The Morgan fingerprint density at radius 2 is 1.84 bits per heavy atom. The fraction of sp³-hybridized carbons (Fsp3) is 0.300. The quantitative estimate of drug-likeness (QED) is 0.904. The van der Waals surface area contributed by atoms with Crippen LogP contribution in [0.1, 0.15) is 23.6 Å². The Hall–Kier alpha value is -2.82. The van der Waals surface area contributed by atoms with E-state index < -0.39 is 0 Å². The highest BCUT2D eigenvalue weighted by atomic mass is 16.5. The van der Waals surface area contributed by atoms with Crippen molar-refractivity contribution in [1.29, 1.82) is 0 Å². The van der Waals surface area contributed by atoms with Crippen LogP contribution in [-0.2, 0) is 9.59 Å². The van der Waals surface area contributed by atoms with Crippen molar-refractivity contribution >= 4 is 23.2 Å². The minimum absolute atomic E-state index is 0.0588. The minimum Gasteiger partial charge on any atom is -0.495 e. The third kappa shape index (κ3) is 4.38. The number of amides is 2. The molecule has 0 bridgehead atoms. The molecule has 0 saturated heterocycles. The van der Waals surface area contributed by atoms with Crippen molar-refractivity contribution in [3.05, 3.63) is 53.1 Å². The first-order valence-electron chi connectivity index (χ1n) is 8.12. The molecule has 0 atom stereocenters. The average molecular weight is 340 g/mol. The Morgan fingerprint density at radius 1 is 1.12 bits per heavy atom. The molecular formula is C20H24N2O3. The summed E-state index contributed by atoms with van der Waals surface area (Å²) in [6.45, 7) is 7.27. The van der Waals surface area contributed by atoms with E-state index in [-0.39, 0.29) is 18.4 Å². The zero-order valence-corrected chi connectivity index (χ0v) is 15.3. The molecule has 2 aromatic rings. The fourth-order valence-electron chi connectivity index (χ4n) is 2.65. The van der Waals surface area contributed by atoms with Crippen LogP contribution in [0, 0.1) is 20.8 Å². The van der Waals surface area contributed by atoms with Gasteiger partial charge in [0.15, 0.2) is 0 Å². The van der Waals surface area contributed by atoms with Crippen LogP contribution in [-0.4, -0.2) is 25.5 Å². The first-order chi connectivity index (χ1) is 11.8. The summed E-state index contributed by atoms with van der Waals surface area (Å²) in [6.07, 6.45) is 0. The molecule has 0 radical (unpaired) electrons. The Kier molecular flexibility index (Phi) is 5.80. The molecular weight excluding hydrogens is 316 g/mol. The fourth-order valence-corrected chi connectivity index (χ4v) is 2.65. The topological polar surface area (TPSA) is 58.6 Å². The van der Waals surface area contributed by atoms with Crippen molar-refractivity contribution in [2.75, 3.05) is 23.9 Å². The minimum atomic E-state index is -0.278. The highest BCUT2D eigenvalue weighted by molar-refractivity contribution is 6.02. The molecule has 0 aromatic heterocycles. The van der Waals surface area contributed by atoms with Crippen molar-refractivity contribution < 1.29 is 14.3 Å². The van der Waals surface area contributed by atoms with Gasteiger partial charge in [0, 0.05) is 12.6 Å². The molecule has 5 nitrogen and oxygen atoms in total. The average Bonchev–Trinajstić information content (AvgIpc) is 2.55. The van der Waals surface area contributed by atoms with Crippen molar-refractivity contribution in [2.24, 2.45) is 0 Å². The standard InChI is InChI=1S/C20H24N2O3/c1-13-9-10-19(25-5)17(11-13)21-20(24)12-22(16(4)23)18-8-6-7-14(2)15(18)3/h6-11H,12H2,1-5H3,(H,21,24). The number of carbonyl (C=O) groups is 2. The van der Waals surface area contributed by atoms with Gasteiger partial charge >= 0.3 is 0 Å². The number of nitrogens with zero attached hydrogens (tertiary/aromatic N) is 1. The lowest BCUT2D eigenvalue weighted by Gasteiger charge is -2.23. The number of hydrogen-bond donors (Lipinski definition) is 1. The van der Waals surface area contributed by atoms with E-state index in [0.717, 1.165) is 22.4 Å². The van der Waals surface area contributed by atoms with E-state index in [9.17, 15) is 9.59 Å². The largest absolute Gasteiger partial charge is 0.495 e. The van der Waals surface area contributed by atoms with E-state index in [1.54, 1.807) is 13.2 Å². The maximum Gasteiger partial charge on any atom is 0.244 e. The number of rotatable bonds is 5. The van der Waals surface area contributed by atoms with E-state index >= 15 is 0 Å². The van der Waals surface area contributed by atoms with E-state index in [1.807, 2.05) is 51.1 Å². The lowest BCUT2D eigenvalue weighted by atomic mass is 10.1. The van der Waals surface area contributed by atoms with Gasteiger partial charge in [0.2, 0.25) is 11.8 Å². The highest BCUT2D eigenvalue weighted by Gasteiger charge is 2.19.